The second-order valence-corrected chi connectivity index (χ2v) is 3.45. The molecule has 0 radical (unpaired) electrons. The summed E-state index contributed by atoms with van der Waals surface area (Å²) in [5.41, 5.74) is 1.60. The number of aryl methyl sites for hydroxylation is 3. The molecule has 1 aromatic heterocycles. The average Bonchev–Trinajstić information content (AvgIpc) is 2.16. The van der Waals surface area contributed by atoms with Gasteiger partial charge < -0.3 is 5.11 Å². The van der Waals surface area contributed by atoms with Crippen LogP contribution in [0.5, 0.6) is 0 Å². The summed E-state index contributed by atoms with van der Waals surface area (Å²) in [4.78, 5) is 19.5. The summed E-state index contributed by atoms with van der Waals surface area (Å²) in [6.07, 6.45) is 2.21. The molecule has 4 heteroatoms. The van der Waals surface area contributed by atoms with Crippen LogP contribution in [0.4, 0.5) is 0 Å². The molecule has 1 N–H and O–H groups in total. The first kappa shape index (κ1) is 11.6. The molecule has 0 unspecified atom stereocenters. The second-order valence-electron chi connectivity index (χ2n) is 3.45. The van der Waals surface area contributed by atoms with Crippen molar-refractivity contribution < 1.29 is 9.90 Å². The molecular weight excluding hydrogens is 192 g/mol. The molecule has 0 aliphatic rings. The van der Waals surface area contributed by atoms with Gasteiger partial charge in [0.05, 0.1) is 11.4 Å². The van der Waals surface area contributed by atoms with E-state index in [0.717, 1.165) is 6.42 Å². The molecule has 0 spiro atoms. The van der Waals surface area contributed by atoms with Crippen LogP contribution in [0.25, 0.3) is 0 Å². The van der Waals surface area contributed by atoms with Crippen molar-refractivity contribution in [2.24, 2.45) is 0 Å². The van der Waals surface area contributed by atoms with Crippen LogP contribution >= 0.6 is 0 Å². The zero-order valence-corrected chi connectivity index (χ0v) is 9.37. The molecule has 0 aliphatic carbocycles. The van der Waals surface area contributed by atoms with Gasteiger partial charge in [0.15, 0.2) is 0 Å². The van der Waals surface area contributed by atoms with Crippen molar-refractivity contribution in [3.05, 3.63) is 22.8 Å². The van der Waals surface area contributed by atoms with Gasteiger partial charge in [-0.3, -0.25) is 0 Å². The standard InChI is InChI=1S/C11H16N2O2/c1-4-6-9-10(11(14)15)8(5-2)12-7(3)13-9/h4-6H2,1-3H3,(H,14,15). The summed E-state index contributed by atoms with van der Waals surface area (Å²) < 4.78 is 0. The number of hydrogen-bond donors (Lipinski definition) is 1. The second kappa shape index (κ2) is 4.87. The number of nitrogens with zero attached hydrogens (tertiary/aromatic N) is 2. The molecular formula is C11H16N2O2. The van der Waals surface area contributed by atoms with Crippen LogP contribution < -0.4 is 0 Å². The minimum Gasteiger partial charge on any atom is -0.478 e. The fourth-order valence-electron chi connectivity index (χ4n) is 1.61. The molecule has 82 valence electrons. The van der Waals surface area contributed by atoms with Gasteiger partial charge in [-0.2, -0.15) is 0 Å². The summed E-state index contributed by atoms with van der Waals surface area (Å²) >= 11 is 0. The smallest absolute Gasteiger partial charge is 0.339 e. The summed E-state index contributed by atoms with van der Waals surface area (Å²) in [7, 11) is 0. The average molecular weight is 208 g/mol. The summed E-state index contributed by atoms with van der Waals surface area (Å²) in [5.74, 6) is -0.268. The van der Waals surface area contributed by atoms with E-state index in [-0.39, 0.29) is 0 Å². The van der Waals surface area contributed by atoms with Crippen LogP contribution in [-0.4, -0.2) is 21.0 Å². The van der Waals surface area contributed by atoms with E-state index in [1.54, 1.807) is 6.92 Å². The molecule has 0 atom stereocenters. The highest BCUT2D eigenvalue weighted by Crippen LogP contribution is 2.14. The lowest BCUT2D eigenvalue weighted by atomic mass is 10.1. The Morgan fingerprint density at radius 3 is 2.33 bits per heavy atom. The van der Waals surface area contributed by atoms with Crippen LogP contribution in [0.15, 0.2) is 0 Å². The van der Waals surface area contributed by atoms with E-state index in [2.05, 4.69) is 9.97 Å². The van der Waals surface area contributed by atoms with Crippen molar-refractivity contribution >= 4 is 5.97 Å². The Balaban J connectivity index is 3.33. The number of carboxylic acid groups (broad SMARTS) is 1. The number of aromatic carboxylic acids is 1. The van der Waals surface area contributed by atoms with Gasteiger partial charge >= 0.3 is 5.97 Å². The summed E-state index contributed by atoms with van der Waals surface area (Å²) in [6.45, 7) is 5.71. The molecule has 0 saturated heterocycles. The Morgan fingerprint density at radius 2 is 1.87 bits per heavy atom. The molecule has 0 bridgehead atoms. The number of hydrogen-bond acceptors (Lipinski definition) is 3. The maximum absolute atomic E-state index is 11.1. The lowest BCUT2D eigenvalue weighted by Gasteiger charge is -2.09. The fraction of sp³-hybridized carbons (Fsp3) is 0.545. The largest absolute Gasteiger partial charge is 0.478 e. The van der Waals surface area contributed by atoms with E-state index in [9.17, 15) is 4.79 Å². The monoisotopic (exact) mass is 208 g/mol. The minimum atomic E-state index is -0.921. The Labute approximate surface area is 89.4 Å². The summed E-state index contributed by atoms with van der Waals surface area (Å²) in [6, 6.07) is 0. The highest BCUT2D eigenvalue weighted by Gasteiger charge is 2.17. The van der Waals surface area contributed by atoms with Crippen LogP contribution in [-0.2, 0) is 12.8 Å². The minimum absolute atomic E-state index is 0.296. The highest BCUT2D eigenvalue weighted by atomic mass is 16.4. The molecule has 0 aromatic carbocycles. The maximum Gasteiger partial charge on any atom is 0.339 e. The first-order valence-corrected chi connectivity index (χ1v) is 5.19. The molecule has 1 heterocycles. The van der Waals surface area contributed by atoms with Crippen molar-refractivity contribution in [1.82, 2.24) is 9.97 Å². The third kappa shape index (κ3) is 2.52. The molecule has 1 rings (SSSR count). The van der Waals surface area contributed by atoms with Gasteiger partial charge in [-0.25, -0.2) is 14.8 Å². The van der Waals surface area contributed by atoms with Crippen molar-refractivity contribution in [1.29, 1.82) is 0 Å². The molecule has 4 nitrogen and oxygen atoms in total. The number of aromatic nitrogens is 2. The number of rotatable bonds is 4. The van der Waals surface area contributed by atoms with Crippen LogP contribution in [0.1, 0.15) is 47.8 Å². The maximum atomic E-state index is 11.1. The Morgan fingerprint density at radius 1 is 1.27 bits per heavy atom. The topological polar surface area (TPSA) is 63.1 Å². The summed E-state index contributed by atoms with van der Waals surface area (Å²) in [5, 5.41) is 9.12. The first-order valence-electron chi connectivity index (χ1n) is 5.19. The third-order valence-corrected chi connectivity index (χ3v) is 2.21. The van der Waals surface area contributed by atoms with Gasteiger partial charge in [0.25, 0.3) is 0 Å². The molecule has 0 amide bonds. The Kier molecular flexibility index (Phi) is 3.77. The van der Waals surface area contributed by atoms with Crippen molar-refractivity contribution in [2.45, 2.75) is 40.0 Å². The predicted octanol–water partition coefficient (Wildman–Crippen LogP) is 2.00. The molecule has 0 saturated carbocycles. The van der Waals surface area contributed by atoms with Gasteiger partial charge in [0.1, 0.15) is 11.4 Å². The Bertz CT molecular complexity index is 375. The van der Waals surface area contributed by atoms with E-state index in [0.29, 0.717) is 35.6 Å². The van der Waals surface area contributed by atoms with Gasteiger partial charge in [0.2, 0.25) is 0 Å². The fourth-order valence-corrected chi connectivity index (χ4v) is 1.61. The molecule has 0 fully saturated rings. The normalized spacial score (nSPS) is 10.3. The van der Waals surface area contributed by atoms with Gasteiger partial charge in [0, 0.05) is 0 Å². The van der Waals surface area contributed by atoms with E-state index in [1.165, 1.54) is 0 Å². The molecule has 0 aliphatic heterocycles. The van der Waals surface area contributed by atoms with Crippen LogP contribution in [0, 0.1) is 6.92 Å². The van der Waals surface area contributed by atoms with E-state index >= 15 is 0 Å². The number of carbonyl (C=O) groups is 1. The van der Waals surface area contributed by atoms with E-state index < -0.39 is 5.97 Å². The van der Waals surface area contributed by atoms with Gasteiger partial charge in [-0.05, 0) is 19.8 Å². The zero-order chi connectivity index (χ0) is 11.4. The van der Waals surface area contributed by atoms with Gasteiger partial charge in [-0.1, -0.05) is 20.3 Å². The highest BCUT2D eigenvalue weighted by molar-refractivity contribution is 5.90. The molecule has 15 heavy (non-hydrogen) atoms. The lowest BCUT2D eigenvalue weighted by molar-refractivity contribution is 0.0693. The third-order valence-electron chi connectivity index (χ3n) is 2.21. The van der Waals surface area contributed by atoms with Crippen molar-refractivity contribution in [3.8, 4) is 0 Å². The Hall–Kier alpha value is -1.45. The number of carboxylic acids is 1. The van der Waals surface area contributed by atoms with Crippen molar-refractivity contribution in [3.63, 3.8) is 0 Å². The quantitative estimate of drug-likeness (QED) is 0.822. The lowest BCUT2D eigenvalue weighted by Crippen LogP contribution is -2.12. The molecule has 1 aromatic rings. The predicted molar refractivity (Wildman–Crippen MR) is 57.1 cm³/mol. The van der Waals surface area contributed by atoms with E-state index in [1.807, 2.05) is 13.8 Å². The zero-order valence-electron chi connectivity index (χ0n) is 9.37. The van der Waals surface area contributed by atoms with Crippen LogP contribution in [0.2, 0.25) is 0 Å². The van der Waals surface area contributed by atoms with E-state index in [4.69, 9.17) is 5.11 Å². The van der Waals surface area contributed by atoms with Crippen molar-refractivity contribution in [2.75, 3.05) is 0 Å². The van der Waals surface area contributed by atoms with Gasteiger partial charge in [-0.15, -0.1) is 0 Å². The van der Waals surface area contributed by atoms with Crippen LogP contribution in [0.3, 0.4) is 0 Å². The first-order chi connectivity index (χ1) is 7.10. The SMILES string of the molecule is CCCc1nc(C)nc(CC)c1C(=O)O.